The molecule has 1 aliphatic rings. The average Bonchev–Trinajstić information content (AvgIpc) is 2.76. The third-order valence-electron chi connectivity index (χ3n) is 2.88. The minimum atomic E-state index is 0.491. The van der Waals surface area contributed by atoms with Crippen LogP contribution in [0.1, 0.15) is 19.1 Å². The van der Waals surface area contributed by atoms with Crippen LogP contribution in [0.2, 0.25) is 0 Å². The maximum Gasteiger partial charge on any atom is 0.167 e. The lowest BCUT2D eigenvalue weighted by Crippen LogP contribution is -2.20. The second kappa shape index (κ2) is 4.00. The van der Waals surface area contributed by atoms with Gasteiger partial charge in [-0.1, -0.05) is 12.1 Å². The van der Waals surface area contributed by atoms with Gasteiger partial charge in [-0.2, -0.15) is 0 Å². The second-order valence-electron chi connectivity index (χ2n) is 3.97. The molecular formula is C10H17N3O. The van der Waals surface area contributed by atoms with Crippen LogP contribution >= 0.6 is 0 Å². The number of nitrogen functional groups attached to an aromatic ring is 1. The Morgan fingerprint density at radius 2 is 2.57 bits per heavy atom. The number of hydrogen-bond acceptors (Lipinski definition) is 4. The molecule has 2 N–H and O–H groups in total. The van der Waals surface area contributed by atoms with Crippen LogP contribution in [0.15, 0.2) is 10.6 Å². The van der Waals surface area contributed by atoms with Crippen molar-refractivity contribution in [2.45, 2.75) is 19.8 Å². The zero-order chi connectivity index (χ0) is 9.97. The van der Waals surface area contributed by atoms with Gasteiger partial charge >= 0.3 is 0 Å². The van der Waals surface area contributed by atoms with E-state index >= 15 is 0 Å². The molecule has 2 heterocycles. The van der Waals surface area contributed by atoms with Gasteiger partial charge in [0.25, 0.3) is 0 Å². The maximum absolute atomic E-state index is 5.49. The van der Waals surface area contributed by atoms with E-state index in [1.54, 1.807) is 0 Å². The summed E-state index contributed by atoms with van der Waals surface area (Å²) >= 11 is 0. The summed E-state index contributed by atoms with van der Waals surface area (Å²) in [4.78, 5) is 2.46. The molecule has 0 radical (unpaired) electrons. The zero-order valence-corrected chi connectivity index (χ0v) is 8.57. The number of rotatable bonds is 3. The molecule has 1 unspecified atom stereocenters. The summed E-state index contributed by atoms with van der Waals surface area (Å²) in [5, 5.41) is 3.69. The monoisotopic (exact) mass is 195 g/mol. The van der Waals surface area contributed by atoms with E-state index in [4.69, 9.17) is 10.3 Å². The third kappa shape index (κ3) is 2.07. The van der Waals surface area contributed by atoms with Crippen LogP contribution in [0.3, 0.4) is 0 Å². The number of anilines is 1. The summed E-state index contributed by atoms with van der Waals surface area (Å²) in [5.74, 6) is 2.12. The van der Waals surface area contributed by atoms with E-state index in [0.717, 1.165) is 18.7 Å². The lowest BCUT2D eigenvalue weighted by Gasteiger charge is -2.11. The minimum absolute atomic E-state index is 0.491. The molecule has 1 saturated heterocycles. The number of likely N-dealkylation sites (tertiary alicyclic amines) is 1. The fourth-order valence-corrected chi connectivity index (χ4v) is 2.08. The van der Waals surface area contributed by atoms with E-state index in [2.05, 4.69) is 17.0 Å². The molecule has 78 valence electrons. The highest BCUT2D eigenvalue weighted by atomic mass is 16.5. The smallest absolute Gasteiger partial charge is 0.167 e. The summed E-state index contributed by atoms with van der Waals surface area (Å²) < 4.78 is 5.10. The lowest BCUT2D eigenvalue weighted by molar-refractivity contribution is 0.326. The molecule has 0 spiro atoms. The van der Waals surface area contributed by atoms with Crippen molar-refractivity contribution in [3.05, 3.63) is 11.8 Å². The molecule has 1 fully saturated rings. The van der Waals surface area contributed by atoms with Gasteiger partial charge in [-0.05, 0) is 25.4 Å². The van der Waals surface area contributed by atoms with Crippen LogP contribution in [0.25, 0.3) is 0 Å². The van der Waals surface area contributed by atoms with Crippen molar-refractivity contribution in [2.75, 3.05) is 25.4 Å². The van der Waals surface area contributed by atoms with E-state index in [9.17, 15) is 0 Å². The van der Waals surface area contributed by atoms with Crippen molar-refractivity contribution in [3.8, 4) is 0 Å². The highest BCUT2D eigenvalue weighted by Crippen LogP contribution is 2.21. The Morgan fingerprint density at radius 3 is 3.14 bits per heavy atom. The van der Waals surface area contributed by atoms with Gasteiger partial charge in [-0.25, -0.2) is 0 Å². The van der Waals surface area contributed by atoms with Crippen LogP contribution < -0.4 is 5.73 Å². The van der Waals surface area contributed by atoms with E-state index in [1.807, 2.05) is 6.07 Å². The predicted octanol–water partition coefficient (Wildman–Crippen LogP) is 1.14. The van der Waals surface area contributed by atoms with Crippen LogP contribution in [0, 0.1) is 5.92 Å². The summed E-state index contributed by atoms with van der Waals surface area (Å²) in [6.45, 7) is 5.74. The number of hydrogen-bond donors (Lipinski definition) is 1. The van der Waals surface area contributed by atoms with Crippen LogP contribution in [-0.4, -0.2) is 29.7 Å². The summed E-state index contributed by atoms with van der Waals surface area (Å²) in [7, 11) is 0. The van der Waals surface area contributed by atoms with Crippen molar-refractivity contribution >= 4 is 5.82 Å². The fourth-order valence-electron chi connectivity index (χ4n) is 2.08. The van der Waals surface area contributed by atoms with Crippen molar-refractivity contribution < 1.29 is 4.52 Å². The van der Waals surface area contributed by atoms with Crippen molar-refractivity contribution in [3.63, 3.8) is 0 Å². The molecule has 0 aliphatic carbocycles. The lowest BCUT2D eigenvalue weighted by atomic mass is 10.0. The molecule has 0 aromatic carbocycles. The Bertz CT molecular complexity index is 297. The number of aromatic nitrogens is 1. The Balaban J connectivity index is 1.87. The molecule has 0 amide bonds. The maximum atomic E-state index is 5.49. The highest BCUT2D eigenvalue weighted by molar-refractivity contribution is 5.26. The normalized spacial score (nSPS) is 23.1. The van der Waals surface area contributed by atoms with E-state index in [-0.39, 0.29) is 0 Å². The fraction of sp³-hybridized carbons (Fsp3) is 0.700. The number of nitrogens with zero attached hydrogens (tertiary/aromatic N) is 2. The first-order chi connectivity index (χ1) is 6.78. The molecule has 4 heteroatoms. The largest absolute Gasteiger partial charge is 0.381 e. The van der Waals surface area contributed by atoms with E-state index < -0.39 is 0 Å². The average molecular weight is 195 g/mol. The first kappa shape index (κ1) is 9.52. The van der Waals surface area contributed by atoms with Crippen LogP contribution in [0.5, 0.6) is 0 Å². The topological polar surface area (TPSA) is 55.3 Å². The predicted molar refractivity (Wildman–Crippen MR) is 54.8 cm³/mol. The molecule has 0 saturated carbocycles. The Hall–Kier alpha value is -1.03. The first-order valence-electron chi connectivity index (χ1n) is 5.21. The summed E-state index contributed by atoms with van der Waals surface area (Å²) in [6, 6.07) is 1.83. The molecule has 0 bridgehead atoms. The molecular weight excluding hydrogens is 178 g/mol. The molecule has 1 atom stereocenters. The van der Waals surface area contributed by atoms with E-state index in [1.165, 1.54) is 19.5 Å². The van der Waals surface area contributed by atoms with Gasteiger partial charge in [-0.3, -0.25) is 0 Å². The minimum Gasteiger partial charge on any atom is -0.381 e. The van der Waals surface area contributed by atoms with Gasteiger partial charge in [0, 0.05) is 19.0 Å². The molecule has 14 heavy (non-hydrogen) atoms. The van der Waals surface area contributed by atoms with Crippen LogP contribution in [-0.2, 0) is 6.42 Å². The second-order valence-corrected chi connectivity index (χ2v) is 3.97. The van der Waals surface area contributed by atoms with E-state index in [0.29, 0.717) is 11.7 Å². The summed E-state index contributed by atoms with van der Waals surface area (Å²) in [6.07, 6.45) is 2.23. The molecule has 2 rings (SSSR count). The highest BCUT2D eigenvalue weighted by Gasteiger charge is 2.22. The third-order valence-corrected chi connectivity index (χ3v) is 2.88. The van der Waals surface area contributed by atoms with Crippen molar-refractivity contribution in [1.29, 1.82) is 0 Å². The van der Waals surface area contributed by atoms with Gasteiger partial charge in [0.1, 0.15) is 5.76 Å². The molecule has 1 aromatic heterocycles. The Kier molecular flexibility index (Phi) is 2.72. The SMILES string of the molecule is CCN1CCC(Cc2cc(N)no2)C1. The quantitative estimate of drug-likeness (QED) is 0.785. The Morgan fingerprint density at radius 1 is 1.71 bits per heavy atom. The number of nitrogens with two attached hydrogens (primary N) is 1. The molecule has 1 aromatic rings. The van der Waals surface area contributed by atoms with Gasteiger partial charge in [0.2, 0.25) is 0 Å². The molecule has 4 nitrogen and oxygen atoms in total. The first-order valence-corrected chi connectivity index (χ1v) is 5.21. The standard InChI is InChI=1S/C10H17N3O/c1-2-13-4-3-8(7-13)5-9-6-10(11)12-14-9/h6,8H,2-5,7H2,1H3,(H2,11,12). The van der Waals surface area contributed by atoms with Gasteiger partial charge in [0.05, 0.1) is 0 Å². The van der Waals surface area contributed by atoms with Gasteiger partial charge < -0.3 is 15.2 Å². The molecule has 1 aliphatic heterocycles. The van der Waals surface area contributed by atoms with Crippen LogP contribution in [0.4, 0.5) is 5.82 Å². The van der Waals surface area contributed by atoms with Gasteiger partial charge in [0.15, 0.2) is 5.82 Å². The van der Waals surface area contributed by atoms with Gasteiger partial charge in [-0.15, -0.1) is 0 Å². The van der Waals surface area contributed by atoms with Crippen molar-refractivity contribution in [1.82, 2.24) is 10.1 Å². The Labute approximate surface area is 84.0 Å². The van der Waals surface area contributed by atoms with Crippen molar-refractivity contribution in [2.24, 2.45) is 5.92 Å². The summed E-state index contributed by atoms with van der Waals surface area (Å²) in [5.41, 5.74) is 5.49. The zero-order valence-electron chi connectivity index (χ0n) is 8.57.